The lowest BCUT2D eigenvalue weighted by Crippen LogP contribution is -2.81. The van der Waals surface area contributed by atoms with Gasteiger partial charge < -0.3 is 19.5 Å². The van der Waals surface area contributed by atoms with E-state index in [1.54, 1.807) is 20.1 Å². The highest BCUT2D eigenvalue weighted by atomic mass is 16.6. The van der Waals surface area contributed by atoms with Crippen LogP contribution in [0.1, 0.15) is 43.7 Å². The highest BCUT2D eigenvalue weighted by Crippen LogP contribution is 2.76. The van der Waals surface area contributed by atoms with E-state index in [2.05, 4.69) is 18.0 Å². The van der Waals surface area contributed by atoms with Gasteiger partial charge in [-0.15, -0.1) is 0 Å². The Hall–Kier alpha value is -1.59. The molecule has 1 saturated heterocycles. The number of ether oxygens (including phenoxy) is 2. The molecule has 0 radical (unpaired) electrons. The van der Waals surface area contributed by atoms with Gasteiger partial charge in [0.2, 0.25) is 0 Å². The molecular formula is C22H27NO4. The molecule has 1 aromatic carbocycles. The largest absolute Gasteiger partial charge is 0.504 e. The van der Waals surface area contributed by atoms with Crippen molar-refractivity contribution in [2.24, 2.45) is 11.3 Å². The number of rotatable bonds is 2. The predicted molar refractivity (Wildman–Crippen MR) is 99.1 cm³/mol. The van der Waals surface area contributed by atoms with Crippen molar-refractivity contribution in [2.45, 2.75) is 62.2 Å². The summed E-state index contributed by atoms with van der Waals surface area (Å²) in [5.74, 6) is 0.968. The zero-order valence-corrected chi connectivity index (χ0v) is 16.2. The van der Waals surface area contributed by atoms with Gasteiger partial charge in [-0.3, -0.25) is 4.79 Å². The fourth-order valence-electron chi connectivity index (χ4n) is 8.15. The van der Waals surface area contributed by atoms with Gasteiger partial charge in [0, 0.05) is 29.5 Å². The molecule has 4 unspecified atom stereocenters. The molecule has 6 aliphatic rings. The summed E-state index contributed by atoms with van der Waals surface area (Å²) in [5.41, 5.74) is 1.83. The molecule has 4 fully saturated rings. The van der Waals surface area contributed by atoms with Gasteiger partial charge in [0.15, 0.2) is 11.5 Å². The van der Waals surface area contributed by atoms with E-state index in [9.17, 15) is 9.90 Å². The topological polar surface area (TPSA) is 59.0 Å². The molecule has 27 heavy (non-hydrogen) atoms. The summed E-state index contributed by atoms with van der Waals surface area (Å²) >= 11 is 0. The van der Waals surface area contributed by atoms with Gasteiger partial charge in [-0.05, 0) is 64.3 Å². The van der Waals surface area contributed by atoms with E-state index in [-0.39, 0.29) is 34.4 Å². The van der Waals surface area contributed by atoms with Crippen LogP contribution in [0, 0.1) is 11.3 Å². The first kappa shape index (κ1) is 16.4. The smallest absolute Gasteiger partial charge is 0.165 e. The number of piperidine rings is 1. The summed E-state index contributed by atoms with van der Waals surface area (Å²) in [7, 11) is 3.98. The van der Waals surface area contributed by atoms with Crippen molar-refractivity contribution in [3.8, 4) is 11.5 Å². The van der Waals surface area contributed by atoms with Crippen molar-refractivity contribution >= 4 is 5.78 Å². The van der Waals surface area contributed by atoms with Crippen LogP contribution in [0.4, 0.5) is 0 Å². The molecule has 7 rings (SSSR count). The molecule has 2 heterocycles. The predicted octanol–water partition coefficient (Wildman–Crippen LogP) is 2.43. The van der Waals surface area contributed by atoms with E-state index < -0.39 is 5.60 Å². The van der Waals surface area contributed by atoms with Crippen LogP contribution in [0.25, 0.3) is 0 Å². The lowest BCUT2D eigenvalue weighted by molar-refractivity contribution is -0.270. The lowest BCUT2D eigenvalue weighted by atomic mass is 9.34. The third kappa shape index (κ3) is 1.47. The van der Waals surface area contributed by atoms with Gasteiger partial charge in [0.05, 0.1) is 5.92 Å². The van der Waals surface area contributed by atoms with Gasteiger partial charge in [-0.2, -0.15) is 0 Å². The third-order valence-corrected chi connectivity index (χ3v) is 9.12. The molecule has 4 aliphatic carbocycles. The number of fused-ring (bicyclic) bond motifs is 2. The maximum atomic E-state index is 12.8. The number of nitrogens with zero attached hydrogens (tertiary/aromatic N) is 1. The van der Waals surface area contributed by atoms with Crippen LogP contribution in [0.3, 0.4) is 0 Å². The first-order chi connectivity index (χ1) is 12.9. The van der Waals surface area contributed by atoms with Gasteiger partial charge in [-0.1, -0.05) is 6.07 Å². The van der Waals surface area contributed by atoms with E-state index in [4.69, 9.17) is 9.47 Å². The second-order valence-electron chi connectivity index (χ2n) is 9.55. The van der Waals surface area contributed by atoms with Crippen LogP contribution >= 0.6 is 0 Å². The van der Waals surface area contributed by atoms with E-state index >= 15 is 0 Å². The number of carbonyl (C=O) groups excluding carboxylic acids is 1. The van der Waals surface area contributed by atoms with Crippen molar-refractivity contribution in [3.05, 3.63) is 23.3 Å². The molecule has 5 nitrogen and oxygen atoms in total. The number of aromatic hydroxyl groups is 1. The minimum Gasteiger partial charge on any atom is -0.504 e. The second-order valence-corrected chi connectivity index (χ2v) is 9.55. The fourth-order valence-corrected chi connectivity index (χ4v) is 8.15. The number of carbonyl (C=O) groups is 1. The van der Waals surface area contributed by atoms with E-state index in [1.807, 2.05) is 0 Å². The average molecular weight is 369 g/mol. The molecule has 0 aromatic heterocycles. The van der Waals surface area contributed by atoms with E-state index in [0.717, 1.165) is 38.6 Å². The molecule has 4 bridgehead atoms. The van der Waals surface area contributed by atoms with E-state index in [1.165, 1.54) is 11.1 Å². The Morgan fingerprint density at radius 1 is 1.33 bits per heavy atom. The molecule has 2 spiro atoms. The quantitative estimate of drug-likeness (QED) is 0.868. The number of hydrogen-bond donors (Lipinski definition) is 1. The summed E-state index contributed by atoms with van der Waals surface area (Å²) in [6, 6.07) is 4.28. The number of benzene rings is 1. The zero-order chi connectivity index (χ0) is 18.8. The van der Waals surface area contributed by atoms with Crippen LogP contribution in [0.2, 0.25) is 0 Å². The van der Waals surface area contributed by atoms with Crippen LogP contribution in [-0.4, -0.2) is 54.2 Å². The molecule has 5 heteroatoms. The standard InChI is InChI=1S/C22H27NO4/c1-12(24)14-11-20-6-7-22(14,26-3)19-21(20)8-9-23(2)16(20)10-13-4-5-15(25)18(27-19)17(13)21/h4-5,14,16,19,25H,6-11H2,1-3H3/t14-,16?,19?,20?,21?,22-/m0/s1. The summed E-state index contributed by atoms with van der Waals surface area (Å²) in [6.45, 7) is 2.73. The highest BCUT2D eigenvalue weighted by Gasteiger charge is 2.80. The van der Waals surface area contributed by atoms with Crippen LogP contribution < -0.4 is 4.74 Å². The maximum absolute atomic E-state index is 12.8. The zero-order valence-electron chi connectivity index (χ0n) is 16.2. The Balaban J connectivity index is 1.70. The monoisotopic (exact) mass is 369 g/mol. The normalized spacial score (nSPS) is 46.1. The number of phenolic OH excluding ortho intramolecular Hbond substituents is 1. The number of phenols is 1. The van der Waals surface area contributed by atoms with Crippen molar-refractivity contribution in [3.63, 3.8) is 0 Å². The molecule has 0 amide bonds. The number of likely N-dealkylation sites (tertiary alicyclic amines) is 1. The van der Waals surface area contributed by atoms with Crippen LogP contribution in [0.15, 0.2) is 12.1 Å². The lowest BCUT2D eigenvalue weighted by Gasteiger charge is -2.73. The Morgan fingerprint density at radius 3 is 2.89 bits per heavy atom. The number of methoxy groups -OCH3 is 1. The first-order valence-electron chi connectivity index (χ1n) is 10.2. The molecule has 1 N–H and O–H groups in total. The molecular weight excluding hydrogens is 342 g/mol. The maximum Gasteiger partial charge on any atom is 0.165 e. The number of hydrogen-bond acceptors (Lipinski definition) is 5. The molecule has 1 aromatic rings. The molecule has 144 valence electrons. The second kappa shape index (κ2) is 4.69. The molecule has 2 aliphatic heterocycles. The SMILES string of the molecule is CO[C@@]12CCC3(C[C@H]1C(C)=O)C1Cc4ccc(O)c5c4C3(CCN1C)C2O5. The van der Waals surface area contributed by atoms with Crippen molar-refractivity contribution in [1.82, 2.24) is 4.90 Å². The Kier molecular flexibility index (Phi) is 2.84. The number of ketones is 1. The highest BCUT2D eigenvalue weighted by molar-refractivity contribution is 5.81. The van der Waals surface area contributed by atoms with Gasteiger partial charge in [-0.25, -0.2) is 0 Å². The molecule has 6 atom stereocenters. The van der Waals surface area contributed by atoms with Crippen molar-refractivity contribution in [1.29, 1.82) is 0 Å². The molecule has 3 saturated carbocycles. The van der Waals surface area contributed by atoms with E-state index in [0.29, 0.717) is 11.8 Å². The first-order valence-corrected chi connectivity index (χ1v) is 10.2. The number of likely N-dealkylation sites (N-methyl/N-ethyl adjacent to an activating group) is 1. The summed E-state index contributed by atoms with van der Waals surface area (Å²) in [5, 5.41) is 10.6. The van der Waals surface area contributed by atoms with Gasteiger partial charge >= 0.3 is 0 Å². The summed E-state index contributed by atoms with van der Waals surface area (Å²) in [6.07, 6.45) is 4.58. The minimum atomic E-state index is -0.589. The Bertz CT molecular complexity index is 883. The number of Topliss-reactive ketones (excluding diaryl/α,β-unsaturated/α-hetero) is 1. The van der Waals surface area contributed by atoms with Crippen LogP contribution in [-0.2, 0) is 21.4 Å². The summed E-state index contributed by atoms with van der Waals surface area (Å²) < 4.78 is 12.8. The fraction of sp³-hybridized carbons (Fsp3) is 0.682. The van der Waals surface area contributed by atoms with Crippen molar-refractivity contribution < 1.29 is 19.4 Å². The average Bonchev–Trinajstić information content (AvgIpc) is 3.03. The van der Waals surface area contributed by atoms with Crippen molar-refractivity contribution in [2.75, 3.05) is 20.7 Å². The minimum absolute atomic E-state index is 0.0212. The Labute approximate surface area is 159 Å². The Morgan fingerprint density at radius 2 is 2.15 bits per heavy atom. The third-order valence-electron chi connectivity index (χ3n) is 9.12. The summed E-state index contributed by atoms with van der Waals surface area (Å²) in [4.78, 5) is 15.3. The van der Waals surface area contributed by atoms with Gasteiger partial charge in [0.25, 0.3) is 0 Å². The van der Waals surface area contributed by atoms with Gasteiger partial charge in [0.1, 0.15) is 17.5 Å². The van der Waals surface area contributed by atoms with Crippen LogP contribution in [0.5, 0.6) is 11.5 Å².